The normalized spacial score (nSPS) is 12.1. The molecule has 0 bridgehead atoms. The molecule has 1 aromatic heterocycles. The summed E-state index contributed by atoms with van der Waals surface area (Å²) in [4.78, 5) is 15.4. The van der Waals surface area contributed by atoms with E-state index in [2.05, 4.69) is 9.72 Å². The van der Waals surface area contributed by atoms with Crippen molar-refractivity contribution in [3.05, 3.63) is 70.2 Å². The van der Waals surface area contributed by atoms with Gasteiger partial charge in [-0.15, -0.1) is 24.5 Å². The number of aromatic carboxylic acids is 1. The molecule has 158 valence electrons. The molecule has 3 aromatic rings. The molecule has 3 rings (SSSR count). The SMILES string of the molecule is O=C([O-])c1sc(-c2ccc(C(F)(F)F)cc2)nc1Cc1ccc(OC(F)(F)F)cc1. The standard InChI is InChI=1S/C19H11F6NO3S/c20-18(21,22)12-5-3-11(4-6-12)16-26-14(15(30-16)17(27)28)9-10-1-7-13(8-2-10)29-19(23,24)25/h1-8H,9H2,(H,27,28)/p-1. The largest absolute Gasteiger partial charge is 0.573 e. The van der Waals surface area contributed by atoms with Crippen molar-refractivity contribution in [2.24, 2.45) is 0 Å². The number of alkyl halides is 6. The Labute approximate surface area is 169 Å². The Balaban J connectivity index is 1.85. The van der Waals surface area contributed by atoms with Crippen molar-refractivity contribution in [1.29, 1.82) is 0 Å². The number of hydrogen-bond acceptors (Lipinski definition) is 5. The predicted octanol–water partition coefficient (Wildman–Crippen LogP) is 4.68. The Kier molecular flexibility index (Phi) is 5.75. The number of carboxylic acids is 1. The first-order valence-electron chi connectivity index (χ1n) is 8.16. The third-order valence-electron chi connectivity index (χ3n) is 3.87. The summed E-state index contributed by atoms with van der Waals surface area (Å²) in [5, 5.41) is 11.6. The molecule has 0 spiro atoms. The summed E-state index contributed by atoms with van der Waals surface area (Å²) >= 11 is 0.736. The third-order valence-corrected chi connectivity index (χ3v) is 5.00. The zero-order chi connectivity index (χ0) is 22.1. The maximum Gasteiger partial charge on any atom is 0.573 e. The molecule has 0 saturated carbocycles. The van der Waals surface area contributed by atoms with Crippen molar-refractivity contribution in [2.75, 3.05) is 0 Å². The van der Waals surface area contributed by atoms with E-state index in [9.17, 15) is 36.2 Å². The van der Waals surface area contributed by atoms with E-state index in [0.717, 1.165) is 35.6 Å². The molecule has 4 nitrogen and oxygen atoms in total. The van der Waals surface area contributed by atoms with Crippen LogP contribution >= 0.6 is 11.3 Å². The lowest BCUT2D eigenvalue weighted by atomic mass is 10.1. The van der Waals surface area contributed by atoms with Crippen molar-refractivity contribution in [3.8, 4) is 16.3 Å². The van der Waals surface area contributed by atoms with Crippen LogP contribution in [0.3, 0.4) is 0 Å². The summed E-state index contributed by atoms with van der Waals surface area (Å²) in [6.07, 6.45) is -9.38. The molecular weight excluding hydrogens is 436 g/mol. The number of halogens is 6. The van der Waals surface area contributed by atoms with E-state index >= 15 is 0 Å². The van der Waals surface area contributed by atoms with E-state index in [0.29, 0.717) is 5.56 Å². The lowest BCUT2D eigenvalue weighted by Crippen LogP contribution is -2.22. The van der Waals surface area contributed by atoms with Crippen LogP contribution in [0.15, 0.2) is 48.5 Å². The molecule has 30 heavy (non-hydrogen) atoms. The lowest BCUT2D eigenvalue weighted by Gasteiger charge is -2.09. The molecule has 0 amide bonds. The average molecular weight is 446 g/mol. The number of benzene rings is 2. The highest BCUT2D eigenvalue weighted by molar-refractivity contribution is 7.17. The quantitative estimate of drug-likeness (QED) is 0.534. The molecule has 0 aliphatic rings. The summed E-state index contributed by atoms with van der Waals surface area (Å²) in [7, 11) is 0. The van der Waals surface area contributed by atoms with Crippen molar-refractivity contribution in [1.82, 2.24) is 4.98 Å². The molecule has 0 aliphatic carbocycles. The topological polar surface area (TPSA) is 62.2 Å². The minimum Gasteiger partial charge on any atom is -0.544 e. The minimum atomic E-state index is -4.84. The second-order valence-electron chi connectivity index (χ2n) is 6.03. The van der Waals surface area contributed by atoms with E-state index in [4.69, 9.17) is 0 Å². The first-order valence-corrected chi connectivity index (χ1v) is 8.97. The van der Waals surface area contributed by atoms with Crippen molar-refractivity contribution >= 4 is 17.3 Å². The molecule has 0 unspecified atom stereocenters. The van der Waals surface area contributed by atoms with Gasteiger partial charge in [0.15, 0.2) is 0 Å². The van der Waals surface area contributed by atoms with Crippen LogP contribution in [-0.2, 0) is 12.6 Å². The van der Waals surface area contributed by atoms with E-state index in [1.807, 2.05) is 0 Å². The smallest absolute Gasteiger partial charge is 0.544 e. The molecular formula is C19H10F6NO3S-. The Morgan fingerprint density at radius 3 is 2.07 bits per heavy atom. The van der Waals surface area contributed by atoms with Gasteiger partial charge in [0.2, 0.25) is 0 Å². The first-order chi connectivity index (χ1) is 13.9. The molecule has 0 radical (unpaired) electrons. The van der Waals surface area contributed by atoms with Crippen LogP contribution in [0, 0.1) is 0 Å². The van der Waals surface area contributed by atoms with Crippen LogP contribution in [0.25, 0.3) is 10.6 Å². The van der Waals surface area contributed by atoms with E-state index in [1.54, 1.807) is 0 Å². The third kappa shape index (κ3) is 5.29. The van der Waals surface area contributed by atoms with Gasteiger partial charge in [0.05, 0.1) is 22.1 Å². The number of rotatable bonds is 5. The second kappa shape index (κ2) is 7.98. The summed E-state index contributed by atoms with van der Waals surface area (Å²) in [5.41, 5.74) is -0.0318. The van der Waals surface area contributed by atoms with Crippen molar-refractivity contribution in [2.45, 2.75) is 19.0 Å². The maximum absolute atomic E-state index is 12.7. The van der Waals surface area contributed by atoms with Crippen LogP contribution in [0.2, 0.25) is 0 Å². The van der Waals surface area contributed by atoms with Crippen LogP contribution < -0.4 is 9.84 Å². The van der Waals surface area contributed by atoms with Gasteiger partial charge in [-0.25, -0.2) is 4.98 Å². The van der Waals surface area contributed by atoms with Crippen molar-refractivity contribution in [3.63, 3.8) is 0 Å². The number of nitrogens with zero attached hydrogens (tertiary/aromatic N) is 1. The van der Waals surface area contributed by atoms with Gasteiger partial charge < -0.3 is 14.6 Å². The van der Waals surface area contributed by atoms with Crippen molar-refractivity contribution < 1.29 is 41.0 Å². The fraction of sp³-hybridized carbons (Fsp3) is 0.158. The minimum absolute atomic E-state index is 0.0350. The second-order valence-corrected chi connectivity index (χ2v) is 7.03. The molecule has 0 fully saturated rings. The Bertz CT molecular complexity index is 1040. The number of ether oxygens (including phenoxy) is 1. The van der Waals surface area contributed by atoms with Crippen LogP contribution in [0.5, 0.6) is 5.75 Å². The summed E-state index contributed by atoms with van der Waals surface area (Å²) in [5.74, 6) is -1.95. The molecule has 0 saturated heterocycles. The number of thiazole rings is 1. The molecule has 11 heteroatoms. The fourth-order valence-electron chi connectivity index (χ4n) is 2.56. The van der Waals surface area contributed by atoms with Crippen LogP contribution in [0.1, 0.15) is 26.5 Å². The first kappa shape index (κ1) is 21.6. The summed E-state index contributed by atoms with van der Waals surface area (Å²) in [6.45, 7) is 0. The van der Waals surface area contributed by atoms with Crippen LogP contribution in [0.4, 0.5) is 26.3 Å². The average Bonchev–Trinajstić information content (AvgIpc) is 3.06. The van der Waals surface area contributed by atoms with Crippen LogP contribution in [-0.4, -0.2) is 17.3 Å². The summed E-state index contributed by atoms with van der Waals surface area (Å²) in [6, 6.07) is 8.84. The molecule has 2 aromatic carbocycles. The van der Waals surface area contributed by atoms with Gasteiger partial charge in [-0.3, -0.25) is 0 Å². The summed E-state index contributed by atoms with van der Waals surface area (Å²) < 4.78 is 78.5. The molecule has 0 atom stereocenters. The Morgan fingerprint density at radius 2 is 1.57 bits per heavy atom. The predicted molar refractivity (Wildman–Crippen MR) is 92.8 cm³/mol. The molecule has 1 heterocycles. The Hall–Kier alpha value is -3.08. The van der Waals surface area contributed by atoms with Gasteiger partial charge in [-0.2, -0.15) is 13.2 Å². The van der Waals surface area contributed by atoms with Gasteiger partial charge >= 0.3 is 12.5 Å². The molecule has 0 aliphatic heterocycles. The number of carbonyl (C=O) groups excluding carboxylic acids is 1. The zero-order valence-electron chi connectivity index (χ0n) is 14.7. The van der Waals surface area contributed by atoms with Gasteiger partial charge in [0.1, 0.15) is 10.8 Å². The Morgan fingerprint density at radius 1 is 0.967 bits per heavy atom. The highest BCUT2D eigenvalue weighted by atomic mass is 32.1. The number of aromatic nitrogens is 1. The van der Waals surface area contributed by atoms with Gasteiger partial charge in [-0.05, 0) is 29.8 Å². The highest BCUT2D eigenvalue weighted by Crippen LogP contribution is 2.33. The fourth-order valence-corrected chi connectivity index (χ4v) is 3.48. The van der Waals surface area contributed by atoms with Gasteiger partial charge in [0.25, 0.3) is 0 Å². The van der Waals surface area contributed by atoms with E-state index < -0.39 is 29.8 Å². The highest BCUT2D eigenvalue weighted by Gasteiger charge is 2.31. The molecule has 0 N–H and O–H groups in total. The van der Waals surface area contributed by atoms with Gasteiger partial charge in [0, 0.05) is 12.0 Å². The monoisotopic (exact) mass is 446 g/mol. The number of hydrogen-bond donors (Lipinski definition) is 0. The number of carboxylic acid groups (broad SMARTS) is 1. The zero-order valence-corrected chi connectivity index (χ0v) is 15.5. The van der Waals surface area contributed by atoms with Gasteiger partial charge in [-0.1, -0.05) is 24.3 Å². The lowest BCUT2D eigenvalue weighted by molar-refractivity contribution is -0.274. The number of carbonyl (C=O) groups is 1. The van der Waals surface area contributed by atoms with E-state index in [-0.39, 0.29) is 27.6 Å². The van der Waals surface area contributed by atoms with E-state index in [1.165, 1.54) is 24.3 Å². The maximum atomic E-state index is 12.7.